The first-order valence-electron chi connectivity index (χ1n) is 8.01. The zero-order valence-corrected chi connectivity index (χ0v) is 15.1. The lowest BCUT2D eigenvalue weighted by Crippen LogP contribution is -2.13. The van der Waals surface area contributed by atoms with Gasteiger partial charge in [-0.25, -0.2) is 4.98 Å². The summed E-state index contributed by atoms with van der Waals surface area (Å²) in [6, 6.07) is 7.76. The largest absolute Gasteiger partial charge is 0.494 e. The average molecular weight is 357 g/mol. The van der Waals surface area contributed by atoms with E-state index in [2.05, 4.69) is 22.4 Å². The van der Waals surface area contributed by atoms with Gasteiger partial charge in [0.05, 0.1) is 18.0 Å². The van der Waals surface area contributed by atoms with Crippen molar-refractivity contribution in [3.05, 3.63) is 46.7 Å². The van der Waals surface area contributed by atoms with Crippen LogP contribution >= 0.6 is 11.3 Å². The fraction of sp³-hybridized carbons (Fsp3) is 0.278. The Morgan fingerprint density at radius 3 is 2.68 bits per heavy atom. The molecule has 1 N–H and O–H groups in total. The van der Waals surface area contributed by atoms with Gasteiger partial charge in [0.1, 0.15) is 17.1 Å². The number of anilines is 1. The molecule has 0 aliphatic carbocycles. The van der Waals surface area contributed by atoms with Crippen LogP contribution in [-0.4, -0.2) is 22.7 Å². The molecule has 2 heterocycles. The molecule has 25 heavy (non-hydrogen) atoms. The van der Waals surface area contributed by atoms with Crippen LogP contribution < -0.4 is 10.1 Å². The number of nitrogens with one attached hydrogen (secondary N) is 1. The molecule has 0 saturated carbocycles. The van der Waals surface area contributed by atoms with Crippen molar-refractivity contribution in [2.24, 2.45) is 0 Å². The summed E-state index contributed by atoms with van der Waals surface area (Å²) in [5, 5.41) is 9.04. The molecule has 3 aromatic rings. The number of rotatable bonds is 6. The Bertz CT molecular complexity index is 849. The maximum atomic E-state index is 12.3. The highest BCUT2D eigenvalue weighted by Gasteiger charge is 2.18. The van der Waals surface area contributed by atoms with Crippen LogP contribution in [0.2, 0.25) is 0 Å². The van der Waals surface area contributed by atoms with Crippen LogP contribution in [0, 0.1) is 13.8 Å². The third-order valence-corrected chi connectivity index (χ3v) is 4.37. The fourth-order valence-electron chi connectivity index (χ4n) is 2.37. The summed E-state index contributed by atoms with van der Waals surface area (Å²) >= 11 is 1.37. The first-order chi connectivity index (χ1) is 12.1. The molecular weight excluding hydrogens is 338 g/mol. The van der Waals surface area contributed by atoms with Gasteiger partial charge in [0.15, 0.2) is 5.13 Å². The number of carbonyl (C=O) groups is 1. The van der Waals surface area contributed by atoms with E-state index in [1.54, 1.807) is 13.8 Å². The van der Waals surface area contributed by atoms with E-state index < -0.39 is 0 Å². The SMILES string of the molecule is CCCOc1ccc(-c2csc(NC(=O)c3c(C)noc3C)n2)cc1. The van der Waals surface area contributed by atoms with Crippen molar-refractivity contribution in [1.82, 2.24) is 10.1 Å². The van der Waals surface area contributed by atoms with Gasteiger partial charge >= 0.3 is 0 Å². The van der Waals surface area contributed by atoms with Gasteiger partial charge < -0.3 is 9.26 Å². The maximum absolute atomic E-state index is 12.3. The van der Waals surface area contributed by atoms with Crippen molar-refractivity contribution >= 4 is 22.4 Å². The Morgan fingerprint density at radius 2 is 2.04 bits per heavy atom. The first kappa shape index (κ1) is 17.2. The maximum Gasteiger partial charge on any atom is 0.262 e. The van der Waals surface area contributed by atoms with Crippen LogP contribution in [0.1, 0.15) is 35.2 Å². The van der Waals surface area contributed by atoms with Crippen LogP contribution in [0.5, 0.6) is 5.75 Å². The molecule has 130 valence electrons. The van der Waals surface area contributed by atoms with Crippen molar-refractivity contribution in [2.45, 2.75) is 27.2 Å². The number of thiazole rings is 1. The Hall–Kier alpha value is -2.67. The number of carbonyl (C=O) groups excluding carboxylic acids is 1. The molecule has 0 radical (unpaired) electrons. The Morgan fingerprint density at radius 1 is 1.28 bits per heavy atom. The zero-order chi connectivity index (χ0) is 17.8. The monoisotopic (exact) mass is 357 g/mol. The van der Waals surface area contributed by atoms with Crippen molar-refractivity contribution in [1.29, 1.82) is 0 Å². The number of nitrogens with zero attached hydrogens (tertiary/aromatic N) is 2. The molecule has 0 aliphatic rings. The highest BCUT2D eigenvalue weighted by Crippen LogP contribution is 2.27. The van der Waals surface area contributed by atoms with Crippen LogP contribution in [0.3, 0.4) is 0 Å². The Kier molecular flexibility index (Phi) is 5.14. The summed E-state index contributed by atoms with van der Waals surface area (Å²) in [7, 11) is 0. The summed E-state index contributed by atoms with van der Waals surface area (Å²) in [5.74, 6) is 1.07. The van der Waals surface area contributed by atoms with Crippen molar-refractivity contribution in [3.8, 4) is 17.0 Å². The molecule has 2 aromatic heterocycles. The van der Waals surface area contributed by atoms with E-state index in [-0.39, 0.29) is 5.91 Å². The van der Waals surface area contributed by atoms with Gasteiger partial charge in [0.2, 0.25) is 0 Å². The van der Waals surface area contributed by atoms with Crippen molar-refractivity contribution in [2.75, 3.05) is 11.9 Å². The minimum absolute atomic E-state index is 0.263. The van der Waals surface area contributed by atoms with Crippen LogP contribution in [-0.2, 0) is 0 Å². The third-order valence-electron chi connectivity index (χ3n) is 3.61. The van der Waals surface area contributed by atoms with E-state index in [1.165, 1.54) is 11.3 Å². The number of benzene rings is 1. The molecule has 0 unspecified atom stereocenters. The smallest absolute Gasteiger partial charge is 0.262 e. The second kappa shape index (κ2) is 7.48. The molecule has 1 amide bonds. The lowest BCUT2D eigenvalue weighted by molar-refractivity contribution is 0.102. The molecular formula is C18H19N3O3S. The molecule has 3 rings (SSSR count). The van der Waals surface area contributed by atoms with Gasteiger partial charge in [-0.3, -0.25) is 10.1 Å². The van der Waals surface area contributed by atoms with E-state index in [1.807, 2.05) is 29.6 Å². The Balaban J connectivity index is 1.71. The average Bonchev–Trinajstić information content (AvgIpc) is 3.20. The second-order valence-electron chi connectivity index (χ2n) is 5.56. The molecule has 0 atom stereocenters. The summed E-state index contributed by atoms with van der Waals surface area (Å²) in [6.07, 6.45) is 0.974. The van der Waals surface area contributed by atoms with Crippen LogP contribution in [0.25, 0.3) is 11.3 Å². The first-order valence-corrected chi connectivity index (χ1v) is 8.89. The van der Waals surface area contributed by atoms with E-state index >= 15 is 0 Å². The van der Waals surface area contributed by atoms with Gasteiger partial charge in [-0.2, -0.15) is 0 Å². The number of aryl methyl sites for hydroxylation is 2. The van der Waals surface area contributed by atoms with E-state index in [0.717, 1.165) is 23.4 Å². The minimum atomic E-state index is -0.263. The van der Waals surface area contributed by atoms with E-state index in [9.17, 15) is 4.79 Å². The van der Waals surface area contributed by atoms with Gasteiger partial charge in [0, 0.05) is 10.9 Å². The molecule has 7 heteroatoms. The Labute approximate surface area is 149 Å². The molecule has 0 spiro atoms. The lowest BCUT2D eigenvalue weighted by Gasteiger charge is -2.04. The van der Waals surface area contributed by atoms with Crippen molar-refractivity contribution in [3.63, 3.8) is 0 Å². The topological polar surface area (TPSA) is 77.2 Å². The minimum Gasteiger partial charge on any atom is -0.494 e. The fourth-order valence-corrected chi connectivity index (χ4v) is 3.09. The number of aromatic nitrogens is 2. The normalized spacial score (nSPS) is 10.7. The highest BCUT2D eigenvalue weighted by atomic mass is 32.1. The summed E-state index contributed by atoms with van der Waals surface area (Å²) in [4.78, 5) is 16.8. The van der Waals surface area contributed by atoms with Gasteiger partial charge in [-0.15, -0.1) is 11.3 Å². The summed E-state index contributed by atoms with van der Waals surface area (Å²) in [6.45, 7) is 6.22. The lowest BCUT2D eigenvalue weighted by atomic mass is 10.2. The van der Waals surface area contributed by atoms with Gasteiger partial charge in [-0.1, -0.05) is 12.1 Å². The molecule has 6 nitrogen and oxygen atoms in total. The van der Waals surface area contributed by atoms with Gasteiger partial charge in [-0.05, 0) is 44.5 Å². The quantitative estimate of drug-likeness (QED) is 0.705. The zero-order valence-electron chi connectivity index (χ0n) is 14.3. The molecule has 0 bridgehead atoms. The number of hydrogen-bond donors (Lipinski definition) is 1. The summed E-state index contributed by atoms with van der Waals surface area (Å²) in [5.41, 5.74) is 2.79. The van der Waals surface area contributed by atoms with E-state index in [4.69, 9.17) is 9.26 Å². The number of ether oxygens (including phenoxy) is 1. The number of amides is 1. The van der Waals surface area contributed by atoms with Crippen LogP contribution in [0.4, 0.5) is 5.13 Å². The number of hydrogen-bond acceptors (Lipinski definition) is 6. The predicted molar refractivity (Wildman–Crippen MR) is 97.3 cm³/mol. The molecule has 0 saturated heterocycles. The second-order valence-corrected chi connectivity index (χ2v) is 6.42. The van der Waals surface area contributed by atoms with Gasteiger partial charge in [0.25, 0.3) is 5.91 Å². The summed E-state index contributed by atoms with van der Waals surface area (Å²) < 4.78 is 10.6. The molecule has 1 aromatic carbocycles. The van der Waals surface area contributed by atoms with Crippen LogP contribution in [0.15, 0.2) is 34.2 Å². The standard InChI is InChI=1S/C18H19N3O3S/c1-4-9-23-14-7-5-13(6-8-14)15-10-25-18(19-15)20-17(22)16-11(2)21-24-12(16)3/h5-8,10H,4,9H2,1-3H3,(H,19,20,22). The predicted octanol–water partition coefficient (Wildman–Crippen LogP) is 4.46. The van der Waals surface area contributed by atoms with Crippen molar-refractivity contribution < 1.29 is 14.1 Å². The molecule has 0 aliphatic heterocycles. The highest BCUT2D eigenvalue weighted by molar-refractivity contribution is 7.14. The van der Waals surface area contributed by atoms with E-state index in [0.29, 0.717) is 28.8 Å². The third kappa shape index (κ3) is 3.88. The molecule has 0 fully saturated rings.